The average Bonchev–Trinajstić information content (AvgIpc) is 2.64. The largest absolute Gasteiger partial charge is 0.398 e. The normalized spacial score (nSPS) is 9.46. The van der Waals surface area contributed by atoms with Crippen LogP contribution in [0.5, 0.6) is 0 Å². The van der Waals surface area contributed by atoms with Gasteiger partial charge in [0.15, 0.2) is 0 Å². The number of hydrogen-bond donors (Lipinski definition) is 1. The molecule has 0 unspecified atom stereocenters. The molecule has 0 fully saturated rings. The molecule has 1 nitrogen and oxygen atoms in total. The van der Waals surface area contributed by atoms with E-state index in [0.29, 0.717) is 0 Å². The van der Waals surface area contributed by atoms with Crippen LogP contribution in [0.2, 0.25) is 0 Å². The lowest BCUT2D eigenvalue weighted by atomic mass is 10.1. The highest BCUT2D eigenvalue weighted by Crippen LogP contribution is 2.28. The number of thiophene rings is 1. The van der Waals surface area contributed by atoms with Crippen LogP contribution in [0, 0.1) is 6.92 Å². The van der Waals surface area contributed by atoms with Crippen LogP contribution in [0.25, 0.3) is 10.1 Å². The number of nitrogen functional groups attached to an aromatic ring is 1. The van der Waals surface area contributed by atoms with E-state index < -0.39 is 0 Å². The molecular formula is C11H15NS. The summed E-state index contributed by atoms with van der Waals surface area (Å²) in [5.74, 6) is 0. The Morgan fingerprint density at radius 3 is 2.46 bits per heavy atom. The van der Waals surface area contributed by atoms with Crippen molar-refractivity contribution in [3.63, 3.8) is 0 Å². The van der Waals surface area contributed by atoms with Gasteiger partial charge in [0, 0.05) is 15.8 Å². The number of aryl methyl sites for hydroxylation is 1. The first-order chi connectivity index (χ1) is 6.29. The molecule has 2 N–H and O–H groups in total. The SMILES string of the molecule is CC.Cc1ccc(N)c2ccsc12. The van der Waals surface area contributed by atoms with Gasteiger partial charge in [-0.2, -0.15) is 0 Å². The van der Waals surface area contributed by atoms with Gasteiger partial charge in [0.2, 0.25) is 0 Å². The van der Waals surface area contributed by atoms with Gasteiger partial charge >= 0.3 is 0 Å². The van der Waals surface area contributed by atoms with E-state index in [1.165, 1.54) is 15.6 Å². The van der Waals surface area contributed by atoms with Crippen LogP contribution < -0.4 is 5.73 Å². The van der Waals surface area contributed by atoms with Crippen LogP contribution in [0.15, 0.2) is 23.6 Å². The zero-order valence-electron chi connectivity index (χ0n) is 8.29. The molecule has 1 aromatic carbocycles. The molecule has 13 heavy (non-hydrogen) atoms. The molecule has 1 aromatic heterocycles. The number of benzene rings is 1. The summed E-state index contributed by atoms with van der Waals surface area (Å²) in [5.41, 5.74) is 7.97. The van der Waals surface area contributed by atoms with Crippen molar-refractivity contribution in [2.45, 2.75) is 20.8 Å². The summed E-state index contributed by atoms with van der Waals surface area (Å²) in [4.78, 5) is 0. The van der Waals surface area contributed by atoms with Crippen molar-refractivity contribution in [3.8, 4) is 0 Å². The monoisotopic (exact) mass is 193 g/mol. The molecule has 0 amide bonds. The van der Waals surface area contributed by atoms with Gasteiger partial charge in [0.25, 0.3) is 0 Å². The molecule has 2 rings (SSSR count). The lowest BCUT2D eigenvalue weighted by Gasteiger charge is -1.97. The summed E-state index contributed by atoms with van der Waals surface area (Å²) in [7, 11) is 0. The second-order valence-electron chi connectivity index (χ2n) is 2.64. The van der Waals surface area contributed by atoms with Gasteiger partial charge in [-0.15, -0.1) is 11.3 Å². The first-order valence-corrected chi connectivity index (χ1v) is 5.39. The van der Waals surface area contributed by atoms with Crippen LogP contribution in [-0.2, 0) is 0 Å². The summed E-state index contributed by atoms with van der Waals surface area (Å²) in [6.07, 6.45) is 0. The van der Waals surface area contributed by atoms with E-state index in [0.717, 1.165) is 5.69 Å². The highest BCUT2D eigenvalue weighted by Gasteiger charge is 2.00. The Kier molecular flexibility index (Phi) is 3.32. The van der Waals surface area contributed by atoms with E-state index in [-0.39, 0.29) is 0 Å². The van der Waals surface area contributed by atoms with E-state index in [4.69, 9.17) is 5.73 Å². The number of anilines is 1. The second kappa shape index (κ2) is 4.28. The Morgan fingerprint density at radius 1 is 1.15 bits per heavy atom. The van der Waals surface area contributed by atoms with E-state index in [1.807, 2.05) is 19.9 Å². The predicted molar refractivity (Wildman–Crippen MR) is 62.3 cm³/mol. The fraction of sp³-hybridized carbons (Fsp3) is 0.273. The van der Waals surface area contributed by atoms with Crippen LogP contribution in [0.4, 0.5) is 5.69 Å². The molecule has 1 heterocycles. The Labute approximate surface area is 83.2 Å². The Morgan fingerprint density at radius 2 is 1.85 bits per heavy atom. The Bertz CT molecular complexity index is 354. The van der Waals surface area contributed by atoms with Gasteiger partial charge in [-0.05, 0) is 30.0 Å². The van der Waals surface area contributed by atoms with Crippen molar-refractivity contribution in [3.05, 3.63) is 29.1 Å². The summed E-state index contributed by atoms with van der Waals surface area (Å²) in [5, 5.41) is 3.27. The quantitative estimate of drug-likeness (QED) is 0.632. The van der Waals surface area contributed by atoms with Gasteiger partial charge in [-0.3, -0.25) is 0 Å². The average molecular weight is 193 g/mol. The van der Waals surface area contributed by atoms with Gasteiger partial charge in [0.05, 0.1) is 0 Å². The minimum Gasteiger partial charge on any atom is -0.398 e. The number of nitrogens with two attached hydrogens (primary N) is 1. The van der Waals surface area contributed by atoms with Crippen molar-refractivity contribution in [1.29, 1.82) is 0 Å². The summed E-state index contributed by atoms with van der Waals surface area (Å²) in [6, 6.07) is 6.10. The van der Waals surface area contributed by atoms with Gasteiger partial charge in [-0.1, -0.05) is 19.9 Å². The highest BCUT2D eigenvalue weighted by molar-refractivity contribution is 7.17. The molecule has 0 saturated carbocycles. The molecule has 0 aliphatic carbocycles. The van der Waals surface area contributed by atoms with E-state index in [1.54, 1.807) is 11.3 Å². The fourth-order valence-electron chi connectivity index (χ4n) is 1.22. The zero-order chi connectivity index (χ0) is 9.84. The van der Waals surface area contributed by atoms with E-state index >= 15 is 0 Å². The Hall–Kier alpha value is -1.02. The van der Waals surface area contributed by atoms with Gasteiger partial charge in [-0.25, -0.2) is 0 Å². The van der Waals surface area contributed by atoms with Crippen molar-refractivity contribution < 1.29 is 0 Å². The molecule has 0 bridgehead atoms. The molecule has 0 aliphatic heterocycles. The minimum atomic E-state index is 0.881. The number of rotatable bonds is 0. The summed E-state index contributed by atoms with van der Waals surface area (Å²) in [6.45, 7) is 6.11. The summed E-state index contributed by atoms with van der Waals surface area (Å²) < 4.78 is 1.31. The Balaban J connectivity index is 0.000000396. The molecule has 0 atom stereocenters. The molecule has 2 aromatic rings. The molecule has 2 heteroatoms. The minimum absolute atomic E-state index is 0.881. The molecular weight excluding hydrogens is 178 g/mol. The topological polar surface area (TPSA) is 26.0 Å². The predicted octanol–water partition coefficient (Wildman–Crippen LogP) is 3.82. The lowest BCUT2D eigenvalue weighted by molar-refractivity contribution is 1.50. The fourth-order valence-corrected chi connectivity index (χ4v) is 2.13. The zero-order valence-corrected chi connectivity index (χ0v) is 9.11. The molecule has 0 spiro atoms. The molecule has 0 radical (unpaired) electrons. The van der Waals surface area contributed by atoms with Crippen LogP contribution in [0.3, 0.4) is 0 Å². The third-order valence-corrected chi connectivity index (χ3v) is 2.90. The van der Waals surface area contributed by atoms with Gasteiger partial charge < -0.3 is 5.73 Å². The van der Waals surface area contributed by atoms with Crippen molar-refractivity contribution in [2.75, 3.05) is 5.73 Å². The van der Waals surface area contributed by atoms with Crippen molar-refractivity contribution >= 4 is 27.1 Å². The first kappa shape index (κ1) is 10.1. The van der Waals surface area contributed by atoms with Crippen LogP contribution in [-0.4, -0.2) is 0 Å². The number of fused-ring (bicyclic) bond motifs is 1. The number of hydrogen-bond acceptors (Lipinski definition) is 2. The van der Waals surface area contributed by atoms with Crippen molar-refractivity contribution in [2.24, 2.45) is 0 Å². The maximum absolute atomic E-state index is 5.78. The van der Waals surface area contributed by atoms with Crippen molar-refractivity contribution in [1.82, 2.24) is 0 Å². The van der Waals surface area contributed by atoms with Crippen LogP contribution >= 0.6 is 11.3 Å². The molecule has 0 saturated heterocycles. The smallest absolute Gasteiger partial charge is 0.0402 e. The summed E-state index contributed by atoms with van der Waals surface area (Å²) >= 11 is 1.75. The van der Waals surface area contributed by atoms with Crippen LogP contribution in [0.1, 0.15) is 19.4 Å². The molecule has 70 valence electrons. The third-order valence-electron chi connectivity index (χ3n) is 1.85. The third kappa shape index (κ3) is 1.83. The standard InChI is InChI=1S/C9H9NS.C2H6/c1-6-2-3-8(10)7-4-5-11-9(6)7;1-2/h2-5H,10H2,1H3;1-2H3. The lowest BCUT2D eigenvalue weighted by Crippen LogP contribution is -1.84. The maximum atomic E-state index is 5.78. The first-order valence-electron chi connectivity index (χ1n) is 4.51. The second-order valence-corrected chi connectivity index (χ2v) is 3.55. The molecule has 0 aliphatic rings. The van der Waals surface area contributed by atoms with Gasteiger partial charge in [0.1, 0.15) is 0 Å². The maximum Gasteiger partial charge on any atom is 0.0402 e. The van der Waals surface area contributed by atoms with E-state index in [9.17, 15) is 0 Å². The van der Waals surface area contributed by atoms with E-state index in [2.05, 4.69) is 24.4 Å². The highest BCUT2D eigenvalue weighted by atomic mass is 32.1.